The number of nitrogens with zero attached hydrogens (tertiary/aromatic N) is 1. The highest BCUT2D eigenvalue weighted by Gasteiger charge is 2.10. The highest BCUT2D eigenvalue weighted by atomic mass is 16.5. The van der Waals surface area contributed by atoms with Gasteiger partial charge in [-0.1, -0.05) is 0 Å². The van der Waals surface area contributed by atoms with Gasteiger partial charge in [-0.2, -0.15) is 0 Å². The summed E-state index contributed by atoms with van der Waals surface area (Å²) in [5.41, 5.74) is 0. The van der Waals surface area contributed by atoms with E-state index >= 15 is 0 Å². The Labute approximate surface area is 142 Å². The van der Waals surface area contributed by atoms with Crippen molar-refractivity contribution in [3.05, 3.63) is 0 Å². The van der Waals surface area contributed by atoms with E-state index in [1.54, 1.807) is 7.05 Å². The fraction of sp³-hybridized carbons (Fsp3) is 0.867. The van der Waals surface area contributed by atoms with Crippen LogP contribution in [0.1, 0.15) is 12.8 Å². The van der Waals surface area contributed by atoms with Crippen LogP contribution in [-0.4, -0.2) is 99.9 Å². The molecule has 0 saturated heterocycles. The van der Waals surface area contributed by atoms with E-state index < -0.39 is 0 Å². The zero-order valence-corrected chi connectivity index (χ0v) is 14.4. The molecular weight excluding hydrogens is 320 g/mol. The third-order valence-corrected chi connectivity index (χ3v) is 2.98. The van der Waals surface area contributed by atoms with Gasteiger partial charge in [0.2, 0.25) is 11.8 Å². The van der Waals surface area contributed by atoms with E-state index in [0.717, 1.165) is 0 Å². The predicted octanol–water partition coefficient (Wildman–Crippen LogP) is -1.62. The summed E-state index contributed by atoms with van der Waals surface area (Å²) in [7, 11) is 1.59. The molecule has 0 atom stereocenters. The molecule has 3 N–H and O–H groups in total. The number of aliphatic hydroxyl groups excluding tert-OH is 2. The first-order valence-electron chi connectivity index (χ1n) is 8.07. The van der Waals surface area contributed by atoms with Crippen molar-refractivity contribution in [2.75, 3.05) is 73.0 Å². The Morgan fingerprint density at radius 1 is 0.875 bits per heavy atom. The molecule has 0 radical (unpaired) electrons. The maximum atomic E-state index is 11.6. The lowest BCUT2D eigenvalue weighted by Gasteiger charge is -2.15. The Hall–Kier alpha value is -1.26. The van der Waals surface area contributed by atoms with Gasteiger partial charge in [0.15, 0.2) is 0 Å². The number of rotatable bonds is 16. The number of hydrogen-bond donors (Lipinski definition) is 3. The average molecular weight is 350 g/mol. The van der Waals surface area contributed by atoms with E-state index in [4.69, 9.17) is 24.4 Å². The number of amides is 2. The molecule has 0 saturated carbocycles. The number of nitrogens with one attached hydrogen (secondary N) is 1. The normalized spacial score (nSPS) is 10.6. The second kappa shape index (κ2) is 16.6. The van der Waals surface area contributed by atoms with Crippen LogP contribution in [0.25, 0.3) is 0 Å². The third kappa shape index (κ3) is 14.3. The molecule has 0 spiro atoms. The van der Waals surface area contributed by atoms with Crippen molar-refractivity contribution in [2.24, 2.45) is 0 Å². The van der Waals surface area contributed by atoms with Crippen LogP contribution in [0.15, 0.2) is 0 Å². The minimum absolute atomic E-state index is 0.00233. The standard InChI is InChI=1S/C15H30N2O7/c1-17(5-6-18)15(21)3-2-14(20)16-4-8-22-10-12-24-13-11-23-9-7-19/h18-19H,2-13H2,1H3,(H,16,20). The van der Waals surface area contributed by atoms with Crippen molar-refractivity contribution in [3.8, 4) is 0 Å². The predicted molar refractivity (Wildman–Crippen MR) is 86.5 cm³/mol. The van der Waals surface area contributed by atoms with Crippen molar-refractivity contribution in [1.82, 2.24) is 10.2 Å². The van der Waals surface area contributed by atoms with Gasteiger partial charge in [0.1, 0.15) is 0 Å². The molecule has 0 heterocycles. The first-order valence-corrected chi connectivity index (χ1v) is 8.07. The van der Waals surface area contributed by atoms with Crippen LogP contribution in [0.3, 0.4) is 0 Å². The molecule has 0 aliphatic heterocycles. The highest BCUT2D eigenvalue weighted by molar-refractivity contribution is 5.83. The van der Waals surface area contributed by atoms with E-state index in [1.165, 1.54) is 4.90 Å². The monoisotopic (exact) mass is 350 g/mol. The van der Waals surface area contributed by atoms with Gasteiger partial charge in [-0.15, -0.1) is 0 Å². The maximum Gasteiger partial charge on any atom is 0.222 e. The fourth-order valence-corrected chi connectivity index (χ4v) is 1.64. The average Bonchev–Trinajstić information content (AvgIpc) is 2.57. The molecule has 0 aliphatic rings. The Morgan fingerprint density at radius 2 is 1.46 bits per heavy atom. The third-order valence-electron chi connectivity index (χ3n) is 2.98. The van der Waals surface area contributed by atoms with E-state index in [9.17, 15) is 9.59 Å². The highest BCUT2D eigenvalue weighted by Crippen LogP contribution is 1.95. The van der Waals surface area contributed by atoms with E-state index in [2.05, 4.69) is 5.32 Å². The summed E-state index contributed by atoms with van der Waals surface area (Å²) >= 11 is 0. The first-order chi connectivity index (χ1) is 11.6. The molecule has 0 aromatic rings. The number of hydrogen-bond acceptors (Lipinski definition) is 7. The zero-order valence-electron chi connectivity index (χ0n) is 14.4. The van der Waals surface area contributed by atoms with Crippen LogP contribution in [0.4, 0.5) is 0 Å². The molecule has 9 heteroatoms. The lowest BCUT2D eigenvalue weighted by Crippen LogP contribution is -2.32. The molecule has 0 fully saturated rings. The first kappa shape index (κ1) is 22.7. The van der Waals surface area contributed by atoms with Crippen LogP contribution >= 0.6 is 0 Å². The summed E-state index contributed by atoms with van der Waals surface area (Å²) in [6.07, 6.45) is 0.237. The zero-order chi connectivity index (χ0) is 18.0. The van der Waals surface area contributed by atoms with Crippen molar-refractivity contribution in [1.29, 1.82) is 0 Å². The summed E-state index contributed by atoms with van der Waals surface area (Å²) in [5, 5.41) is 19.9. The lowest BCUT2D eigenvalue weighted by molar-refractivity contribution is -0.132. The number of carbonyl (C=O) groups excluding carboxylic acids is 2. The Morgan fingerprint density at radius 3 is 2.04 bits per heavy atom. The van der Waals surface area contributed by atoms with Gasteiger partial charge < -0.3 is 34.6 Å². The number of likely N-dealkylation sites (N-methyl/N-ethyl adjacent to an activating group) is 1. The topological polar surface area (TPSA) is 118 Å². The number of aliphatic hydroxyl groups is 2. The lowest BCUT2D eigenvalue weighted by atomic mass is 10.2. The molecule has 2 amide bonds. The van der Waals surface area contributed by atoms with Gasteiger partial charge in [-0.05, 0) is 0 Å². The van der Waals surface area contributed by atoms with Crippen LogP contribution in [-0.2, 0) is 23.8 Å². The molecule has 0 aromatic heterocycles. The Balaban J connectivity index is 3.36. The summed E-state index contributed by atoms with van der Waals surface area (Å²) in [6, 6.07) is 0. The second-order valence-corrected chi connectivity index (χ2v) is 4.95. The molecule has 0 unspecified atom stereocenters. The molecule has 142 valence electrons. The van der Waals surface area contributed by atoms with Crippen molar-refractivity contribution in [2.45, 2.75) is 12.8 Å². The maximum absolute atomic E-state index is 11.6. The number of carbonyl (C=O) groups is 2. The van der Waals surface area contributed by atoms with Crippen molar-refractivity contribution < 1.29 is 34.0 Å². The minimum Gasteiger partial charge on any atom is -0.395 e. The Bertz CT molecular complexity index is 329. The molecule has 24 heavy (non-hydrogen) atoms. The summed E-state index contributed by atoms with van der Waals surface area (Å²) < 4.78 is 15.5. The molecular formula is C15H30N2O7. The second-order valence-electron chi connectivity index (χ2n) is 4.95. The fourth-order valence-electron chi connectivity index (χ4n) is 1.64. The summed E-state index contributed by atoms with van der Waals surface area (Å²) in [4.78, 5) is 24.5. The molecule has 9 nitrogen and oxygen atoms in total. The van der Waals surface area contributed by atoms with Gasteiger partial charge in [0.05, 0.1) is 52.9 Å². The molecule has 0 rings (SSSR count). The Kier molecular flexibility index (Phi) is 15.7. The smallest absolute Gasteiger partial charge is 0.222 e. The largest absolute Gasteiger partial charge is 0.395 e. The van der Waals surface area contributed by atoms with Crippen molar-refractivity contribution >= 4 is 11.8 Å². The van der Waals surface area contributed by atoms with Gasteiger partial charge in [-0.25, -0.2) is 0 Å². The quantitative estimate of drug-likeness (QED) is 0.286. The molecule has 0 bridgehead atoms. The van der Waals surface area contributed by atoms with Crippen molar-refractivity contribution in [3.63, 3.8) is 0 Å². The van der Waals surface area contributed by atoms with Crippen LogP contribution in [0.2, 0.25) is 0 Å². The van der Waals surface area contributed by atoms with Crippen LogP contribution < -0.4 is 5.32 Å². The van der Waals surface area contributed by atoms with Gasteiger partial charge in [-0.3, -0.25) is 9.59 Å². The number of ether oxygens (including phenoxy) is 3. The van der Waals surface area contributed by atoms with E-state index in [1.807, 2.05) is 0 Å². The summed E-state index contributed by atoms with van der Waals surface area (Å²) in [6.45, 7) is 2.96. The van der Waals surface area contributed by atoms with Crippen LogP contribution in [0.5, 0.6) is 0 Å². The summed E-state index contributed by atoms with van der Waals surface area (Å²) in [5.74, 6) is -0.378. The minimum atomic E-state index is -0.207. The van der Waals surface area contributed by atoms with Gasteiger partial charge in [0.25, 0.3) is 0 Å². The molecule has 0 aromatic carbocycles. The van der Waals surface area contributed by atoms with Gasteiger partial charge >= 0.3 is 0 Å². The van der Waals surface area contributed by atoms with E-state index in [0.29, 0.717) is 46.2 Å². The SMILES string of the molecule is CN(CCO)C(=O)CCC(=O)NCCOCCOCCOCCO. The molecule has 0 aliphatic carbocycles. The van der Waals surface area contributed by atoms with Crippen LogP contribution in [0, 0.1) is 0 Å². The van der Waals surface area contributed by atoms with Gasteiger partial charge in [0, 0.05) is 33.0 Å². The van der Waals surface area contributed by atoms with E-state index in [-0.39, 0.29) is 44.4 Å².